The van der Waals surface area contributed by atoms with E-state index in [-0.39, 0.29) is 5.92 Å². The summed E-state index contributed by atoms with van der Waals surface area (Å²) >= 11 is 0. The van der Waals surface area contributed by atoms with Crippen LogP contribution in [0.4, 0.5) is 0 Å². The van der Waals surface area contributed by atoms with Crippen molar-refractivity contribution in [2.75, 3.05) is 6.61 Å². The lowest BCUT2D eigenvalue weighted by Gasteiger charge is -2.15. The largest absolute Gasteiger partial charge is 0.378 e. The van der Waals surface area contributed by atoms with Gasteiger partial charge in [-0.2, -0.15) is 0 Å². The Morgan fingerprint density at radius 1 is 1.39 bits per heavy atom. The van der Waals surface area contributed by atoms with Crippen molar-refractivity contribution in [2.24, 2.45) is 0 Å². The molecule has 0 aromatic heterocycles. The first-order valence-electron chi connectivity index (χ1n) is 7.00. The highest BCUT2D eigenvalue weighted by molar-refractivity contribution is 5.85. The second-order valence-electron chi connectivity index (χ2n) is 5.01. The first-order valence-corrected chi connectivity index (χ1v) is 7.00. The quantitative estimate of drug-likeness (QED) is 0.765. The van der Waals surface area contributed by atoms with Crippen LogP contribution in [-0.4, -0.2) is 18.5 Å². The van der Waals surface area contributed by atoms with E-state index in [2.05, 4.69) is 19.1 Å². The van der Waals surface area contributed by atoms with Crippen LogP contribution >= 0.6 is 0 Å². The molecule has 1 saturated heterocycles. The van der Waals surface area contributed by atoms with Gasteiger partial charge in [0.25, 0.3) is 0 Å². The van der Waals surface area contributed by atoms with Gasteiger partial charge in [-0.3, -0.25) is 4.79 Å². The maximum atomic E-state index is 12.3. The Morgan fingerprint density at radius 2 is 2.17 bits per heavy atom. The molecule has 2 nitrogen and oxygen atoms in total. The molecule has 0 saturated carbocycles. The predicted molar refractivity (Wildman–Crippen MR) is 72.7 cm³/mol. The van der Waals surface area contributed by atoms with Gasteiger partial charge < -0.3 is 4.74 Å². The minimum absolute atomic E-state index is 0.0626. The van der Waals surface area contributed by atoms with Crippen LogP contribution in [0.3, 0.4) is 0 Å². The monoisotopic (exact) mass is 246 g/mol. The fourth-order valence-electron chi connectivity index (χ4n) is 2.68. The van der Waals surface area contributed by atoms with Gasteiger partial charge in [0, 0.05) is 18.9 Å². The van der Waals surface area contributed by atoms with Gasteiger partial charge in [0.05, 0.1) is 6.10 Å². The molecule has 0 N–H and O–H groups in total. The molecule has 1 aromatic carbocycles. The Morgan fingerprint density at radius 3 is 2.78 bits per heavy atom. The van der Waals surface area contributed by atoms with Crippen LogP contribution in [-0.2, 0) is 9.53 Å². The topological polar surface area (TPSA) is 26.3 Å². The standard InChI is InChI=1S/C16H22O2/c1-2-15(13-7-4-3-5-8-13)16(17)11-10-14-9-6-12-18-14/h3-5,7-8,14-15H,2,6,9-12H2,1H3. The van der Waals surface area contributed by atoms with Gasteiger partial charge in [0.2, 0.25) is 0 Å². The van der Waals surface area contributed by atoms with Gasteiger partial charge >= 0.3 is 0 Å². The third-order valence-electron chi connectivity index (χ3n) is 3.74. The molecule has 1 fully saturated rings. The van der Waals surface area contributed by atoms with Crippen LogP contribution in [0, 0.1) is 0 Å². The zero-order valence-electron chi connectivity index (χ0n) is 11.1. The minimum atomic E-state index is 0.0626. The molecule has 0 aliphatic carbocycles. The third kappa shape index (κ3) is 3.42. The summed E-state index contributed by atoms with van der Waals surface area (Å²) in [4.78, 5) is 12.3. The molecule has 2 atom stereocenters. The molecule has 0 radical (unpaired) electrons. The van der Waals surface area contributed by atoms with Crippen molar-refractivity contribution in [3.05, 3.63) is 35.9 Å². The lowest BCUT2D eigenvalue weighted by molar-refractivity contribution is -0.121. The van der Waals surface area contributed by atoms with E-state index in [1.807, 2.05) is 18.2 Å². The molecule has 2 rings (SSSR count). The maximum absolute atomic E-state index is 12.3. The van der Waals surface area contributed by atoms with E-state index >= 15 is 0 Å². The fraction of sp³-hybridized carbons (Fsp3) is 0.562. The smallest absolute Gasteiger partial charge is 0.140 e. The predicted octanol–water partition coefficient (Wildman–Crippen LogP) is 3.71. The van der Waals surface area contributed by atoms with Crippen molar-refractivity contribution in [1.82, 2.24) is 0 Å². The van der Waals surface area contributed by atoms with Crippen LogP contribution in [0.5, 0.6) is 0 Å². The first kappa shape index (κ1) is 13.3. The molecular weight excluding hydrogens is 224 g/mol. The van der Waals surface area contributed by atoms with Gasteiger partial charge in [-0.05, 0) is 31.2 Å². The molecule has 1 aliphatic rings. The molecule has 0 bridgehead atoms. The third-order valence-corrected chi connectivity index (χ3v) is 3.74. The van der Waals surface area contributed by atoms with E-state index in [1.165, 1.54) is 0 Å². The van der Waals surface area contributed by atoms with Crippen molar-refractivity contribution in [2.45, 2.75) is 51.0 Å². The number of carbonyl (C=O) groups is 1. The van der Waals surface area contributed by atoms with E-state index < -0.39 is 0 Å². The summed E-state index contributed by atoms with van der Waals surface area (Å²) in [5.74, 6) is 0.423. The zero-order valence-corrected chi connectivity index (χ0v) is 11.1. The minimum Gasteiger partial charge on any atom is -0.378 e. The number of carbonyl (C=O) groups excluding carboxylic acids is 1. The van der Waals surface area contributed by atoms with Gasteiger partial charge in [0.1, 0.15) is 5.78 Å². The molecule has 1 aromatic rings. The second-order valence-corrected chi connectivity index (χ2v) is 5.01. The maximum Gasteiger partial charge on any atom is 0.140 e. The molecule has 1 aliphatic heterocycles. The van der Waals surface area contributed by atoms with Gasteiger partial charge in [-0.25, -0.2) is 0 Å². The highest BCUT2D eigenvalue weighted by Gasteiger charge is 2.21. The summed E-state index contributed by atoms with van der Waals surface area (Å²) in [6.45, 7) is 2.95. The fourth-order valence-corrected chi connectivity index (χ4v) is 2.68. The molecule has 98 valence electrons. The van der Waals surface area contributed by atoms with Crippen molar-refractivity contribution in [3.63, 3.8) is 0 Å². The summed E-state index contributed by atoms with van der Waals surface area (Å²) in [5.41, 5.74) is 1.15. The summed E-state index contributed by atoms with van der Waals surface area (Å²) in [6, 6.07) is 10.1. The lowest BCUT2D eigenvalue weighted by Crippen LogP contribution is -2.15. The molecule has 2 unspecified atom stereocenters. The number of hydrogen-bond donors (Lipinski definition) is 0. The molecule has 0 spiro atoms. The molecule has 2 heteroatoms. The van der Waals surface area contributed by atoms with E-state index in [0.29, 0.717) is 18.3 Å². The Hall–Kier alpha value is -1.15. The van der Waals surface area contributed by atoms with E-state index in [9.17, 15) is 4.79 Å². The summed E-state index contributed by atoms with van der Waals surface area (Å²) in [7, 11) is 0. The number of Topliss-reactive ketones (excluding diaryl/α,β-unsaturated/α-hetero) is 1. The lowest BCUT2D eigenvalue weighted by atomic mass is 9.89. The number of hydrogen-bond acceptors (Lipinski definition) is 2. The molecule has 18 heavy (non-hydrogen) atoms. The highest BCUT2D eigenvalue weighted by atomic mass is 16.5. The van der Waals surface area contributed by atoms with Crippen molar-refractivity contribution < 1.29 is 9.53 Å². The zero-order chi connectivity index (χ0) is 12.8. The van der Waals surface area contributed by atoms with E-state index in [4.69, 9.17) is 4.74 Å². The van der Waals surface area contributed by atoms with Gasteiger partial charge in [-0.1, -0.05) is 37.3 Å². The van der Waals surface area contributed by atoms with Crippen LogP contribution in [0.25, 0.3) is 0 Å². The molecular formula is C16H22O2. The molecule has 1 heterocycles. The average Bonchev–Trinajstić information content (AvgIpc) is 2.92. The van der Waals surface area contributed by atoms with Crippen LogP contribution in [0.2, 0.25) is 0 Å². The van der Waals surface area contributed by atoms with Gasteiger partial charge in [-0.15, -0.1) is 0 Å². The Labute approximate surface area is 109 Å². The van der Waals surface area contributed by atoms with Crippen LogP contribution in [0.1, 0.15) is 50.5 Å². The first-order chi connectivity index (χ1) is 8.81. The SMILES string of the molecule is CCC(C(=O)CCC1CCCO1)c1ccccc1. The number of ether oxygens (including phenoxy) is 1. The van der Waals surface area contributed by atoms with Crippen LogP contribution in [0.15, 0.2) is 30.3 Å². The van der Waals surface area contributed by atoms with E-state index in [0.717, 1.165) is 37.9 Å². The van der Waals surface area contributed by atoms with Crippen molar-refractivity contribution in [3.8, 4) is 0 Å². The number of benzene rings is 1. The summed E-state index contributed by atoms with van der Waals surface area (Å²) < 4.78 is 5.57. The van der Waals surface area contributed by atoms with Crippen molar-refractivity contribution >= 4 is 5.78 Å². The summed E-state index contributed by atoms with van der Waals surface area (Å²) in [6.07, 6.45) is 5.01. The van der Waals surface area contributed by atoms with Crippen molar-refractivity contribution in [1.29, 1.82) is 0 Å². The number of ketones is 1. The normalized spacial score (nSPS) is 20.8. The Balaban J connectivity index is 1.89. The van der Waals surface area contributed by atoms with Gasteiger partial charge in [0.15, 0.2) is 0 Å². The van der Waals surface area contributed by atoms with Crippen LogP contribution < -0.4 is 0 Å². The van der Waals surface area contributed by atoms with E-state index in [1.54, 1.807) is 0 Å². The number of rotatable bonds is 6. The Kier molecular flexibility index (Phi) is 4.94. The highest BCUT2D eigenvalue weighted by Crippen LogP contribution is 2.24. The molecule has 0 amide bonds. The second kappa shape index (κ2) is 6.69. The Bertz CT molecular complexity index is 366. The average molecular weight is 246 g/mol. The summed E-state index contributed by atoms with van der Waals surface area (Å²) in [5, 5.41) is 0.